The average Bonchev–Trinajstić information content (AvgIpc) is 2.57. The Hall–Kier alpha value is -2.44. The van der Waals surface area contributed by atoms with Crippen LogP contribution in [0.15, 0.2) is 40.5 Å². The maximum atomic E-state index is 10.1. The van der Waals surface area contributed by atoms with E-state index in [2.05, 4.69) is 15.2 Å². The molecule has 0 spiro atoms. The van der Waals surface area contributed by atoms with Crippen LogP contribution in [-0.4, -0.2) is 10.9 Å². The average molecular weight is 206 g/mol. The van der Waals surface area contributed by atoms with Crippen LogP contribution in [0, 0.1) is 0 Å². The molecule has 0 aliphatic carbocycles. The van der Waals surface area contributed by atoms with Gasteiger partial charge >= 0.3 is 5.91 Å². The zero-order valence-corrected chi connectivity index (χ0v) is 7.79. The third-order valence-corrected chi connectivity index (χ3v) is 1.46. The number of anilines is 2. The fourth-order valence-corrected chi connectivity index (χ4v) is 0.686. The van der Waals surface area contributed by atoms with Crippen LogP contribution in [0.1, 0.15) is 0 Å². The summed E-state index contributed by atoms with van der Waals surface area (Å²) in [7, 11) is 0. The molecule has 7 heteroatoms. The van der Waals surface area contributed by atoms with E-state index < -0.39 is 5.91 Å². The number of nitrogens with two attached hydrogens (primary N) is 3. The predicted molar refractivity (Wildman–Crippen MR) is 55.2 cm³/mol. The van der Waals surface area contributed by atoms with E-state index in [4.69, 9.17) is 17.2 Å². The van der Waals surface area contributed by atoms with Crippen LogP contribution in [0.2, 0.25) is 0 Å². The van der Waals surface area contributed by atoms with Gasteiger partial charge in [0.15, 0.2) is 0 Å². The second kappa shape index (κ2) is 4.70. The molecule has 1 aromatic heterocycles. The third kappa shape index (κ3) is 3.07. The van der Waals surface area contributed by atoms with Gasteiger partial charge in [0.05, 0.1) is 11.9 Å². The first-order valence-electron chi connectivity index (χ1n) is 3.98. The molecule has 0 unspecified atom stereocenters. The minimum atomic E-state index is -0.444. The molecule has 0 aromatic carbocycles. The molecule has 15 heavy (non-hydrogen) atoms. The maximum Gasteiger partial charge on any atom is 0.312 e. The molecule has 1 aliphatic heterocycles. The van der Waals surface area contributed by atoms with E-state index in [1.54, 1.807) is 18.3 Å². The first-order valence-corrected chi connectivity index (χ1v) is 3.98. The molecule has 1 aliphatic rings. The summed E-state index contributed by atoms with van der Waals surface area (Å²) in [6, 6.07) is 3.45. The predicted octanol–water partition coefficient (Wildman–Crippen LogP) is 0.0249. The molecule has 6 N–H and O–H groups in total. The van der Waals surface area contributed by atoms with Crippen LogP contribution in [0.4, 0.5) is 11.5 Å². The highest BCUT2D eigenvalue weighted by Gasteiger charge is 2.06. The van der Waals surface area contributed by atoms with E-state index in [0.29, 0.717) is 11.5 Å². The van der Waals surface area contributed by atoms with Crippen LogP contribution in [-0.2, 0) is 4.79 Å². The molecule has 0 atom stereocenters. The van der Waals surface area contributed by atoms with Gasteiger partial charge in [-0.05, 0) is 12.1 Å². The zero-order chi connectivity index (χ0) is 11.3. The lowest BCUT2D eigenvalue weighted by molar-refractivity contribution is -0.114. The first-order chi connectivity index (χ1) is 7.11. The molecule has 1 aromatic rings. The van der Waals surface area contributed by atoms with Gasteiger partial charge in [-0.25, -0.2) is 4.98 Å². The molecular weight excluding hydrogens is 196 g/mol. The van der Waals surface area contributed by atoms with Crippen LogP contribution in [0.5, 0.6) is 0 Å². The molecule has 2 heterocycles. The van der Waals surface area contributed by atoms with Crippen LogP contribution >= 0.6 is 0 Å². The Bertz CT molecular complexity index is 404. The van der Waals surface area contributed by atoms with Gasteiger partial charge in [-0.2, -0.15) is 5.11 Å². The fraction of sp³-hybridized carbons (Fsp3) is 0. The molecule has 1 amide bonds. The Labute approximate surface area is 85.7 Å². The van der Waals surface area contributed by atoms with Crippen molar-refractivity contribution in [1.82, 2.24) is 4.98 Å². The van der Waals surface area contributed by atoms with Gasteiger partial charge in [-0.15, -0.1) is 5.11 Å². The number of aromatic nitrogens is 1. The van der Waals surface area contributed by atoms with Gasteiger partial charge in [0.25, 0.3) is 0 Å². The van der Waals surface area contributed by atoms with Gasteiger partial charge in [0, 0.05) is 6.20 Å². The zero-order valence-electron chi connectivity index (χ0n) is 7.79. The number of pyridine rings is 1. The van der Waals surface area contributed by atoms with E-state index in [1.165, 1.54) is 6.20 Å². The molecule has 0 radical (unpaired) electrons. The Morgan fingerprint density at radius 2 is 1.93 bits per heavy atom. The summed E-state index contributed by atoms with van der Waals surface area (Å²) in [6.45, 7) is 0. The molecule has 0 fully saturated rings. The van der Waals surface area contributed by atoms with Crippen LogP contribution in [0.3, 0.4) is 0 Å². The van der Waals surface area contributed by atoms with Crippen molar-refractivity contribution in [3.05, 3.63) is 30.2 Å². The summed E-state index contributed by atoms with van der Waals surface area (Å²) >= 11 is 0. The lowest BCUT2D eigenvalue weighted by Gasteiger charge is -1.92. The summed E-state index contributed by atoms with van der Waals surface area (Å²) in [5.74, 6) is -0.0486. The van der Waals surface area contributed by atoms with E-state index >= 15 is 0 Å². The lowest BCUT2D eigenvalue weighted by Crippen LogP contribution is -2.03. The Kier molecular flexibility index (Phi) is 3.33. The summed E-state index contributed by atoms with van der Waals surface area (Å²) in [5.41, 5.74) is 16.3. The van der Waals surface area contributed by atoms with Crippen molar-refractivity contribution in [2.24, 2.45) is 16.0 Å². The van der Waals surface area contributed by atoms with Crippen molar-refractivity contribution in [1.29, 1.82) is 0 Å². The topological polar surface area (TPSA) is 133 Å². The van der Waals surface area contributed by atoms with E-state index in [0.717, 1.165) is 0 Å². The minimum Gasteiger partial charge on any atom is -0.396 e. The maximum absolute atomic E-state index is 10.1. The lowest BCUT2D eigenvalue weighted by atomic mass is 10.4. The van der Waals surface area contributed by atoms with Gasteiger partial charge in [0.1, 0.15) is 11.5 Å². The Morgan fingerprint density at radius 3 is 2.20 bits per heavy atom. The second-order valence-electron chi connectivity index (χ2n) is 2.58. The summed E-state index contributed by atoms with van der Waals surface area (Å²) in [5, 5.41) is 6.32. The normalized spacial score (nSPS) is 13.1. The van der Waals surface area contributed by atoms with Crippen molar-refractivity contribution in [3.8, 4) is 0 Å². The minimum absolute atomic E-state index is 0.111. The standard InChI is InChI=1S/C5H7N3.C3H3N3O/c6-4-2-1-3-8-5(4)7;4-2-1-5-6-3(2)7/h1-3H,6H2,(H2,7,8);1H,(H2,4,6,7). The smallest absolute Gasteiger partial charge is 0.312 e. The number of azo groups is 1. The van der Waals surface area contributed by atoms with Gasteiger partial charge < -0.3 is 17.2 Å². The molecule has 78 valence electrons. The van der Waals surface area contributed by atoms with Crippen LogP contribution in [0.25, 0.3) is 0 Å². The molecule has 7 nitrogen and oxygen atoms in total. The number of carbonyl (C=O) groups is 1. The van der Waals surface area contributed by atoms with Crippen LogP contribution < -0.4 is 17.2 Å². The number of hydrogen-bond acceptors (Lipinski definition) is 6. The SMILES string of the molecule is NC1=CN=NC1=O.Nc1cccnc1N. The highest BCUT2D eigenvalue weighted by atomic mass is 16.2. The molecule has 0 bridgehead atoms. The third-order valence-electron chi connectivity index (χ3n) is 1.46. The van der Waals surface area contributed by atoms with Crippen molar-refractivity contribution in [2.45, 2.75) is 0 Å². The Balaban J connectivity index is 0.000000151. The fourth-order valence-electron chi connectivity index (χ4n) is 0.686. The monoisotopic (exact) mass is 206 g/mol. The van der Waals surface area contributed by atoms with E-state index in [-0.39, 0.29) is 5.70 Å². The van der Waals surface area contributed by atoms with E-state index in [9.17, 15) is 4.79 Å². The number of nitrogens with zero attached hydrogens (tertiary/aromatic N) is 3. The first kappa shape index (κ1) is 10.6. The quantitative estimate of drug-likeness (QED) is 0.550. The number of nitrogen functional groups attached to an aromatic ring is 2. The largest absolute Gasteiger partial charge is 0.396 e. The summed E-state index contributed by atoms with van der Waals surface area (Å²) in [6.07, 6.45) is 2.83. The second-order valence-corrected chi connectivity index (χ2v) is 2.58. The highest BCUT2D eigenvalue weighted by molar-refractivity contribution is 5.94. The van der Waals surface area contributed by atoms with Gasteiger partial charge in [0.2, 0.25) is 0 Å². The van der Waals surface area contributed by atoms with Gasteiger partial charge in [-0.3, -0.25) is 4.79 Å². The van der Waals surface area contributed by atoms with Crippen molar-refractivity contribution >= 4 is 17.4 Å². The summed E-state index contributed by atoms with van der Waals surface area (Å²) < 4.78 is 0. The van der Waals surface area contributed by atoms with E-state index in [1.807, 2.05) is 0 Å². The molecule has 0 saturated carbocycles. The molecule has 0 saturated heterocycles. The van der Waals surface area contributed by atoms with Crippen molar-refractivity contribution < 1.29 is 4.79 Å². The highest BCUT2D eigenvalue weighted by Crippen LogP contribution is 2.06. The number of carbonyl (C=O) groups excluding carboxylic acids is 1. The van der Waals surface area contributed by atoms with Crippen molar-refractivity contribution in [2.75, 3.05) is 11.5 Å². The number of amides is 1. The van der Waals surface area contributed by atoms with Gasteiger partial charge in [-0.1, -0.05) is 0 Å². The molecular formula is C8H10N6O. The molecule has 2 rings (SSSR count). The number of rotatable bonds is 0. The summed E-state index contributed by atoms with van der Waals surface area (Å²) in [4.78, 5) is 13.9. The Morgan fingerprint density at radius 1 is 1.20 bits per heavy atom. The van der Waals surface area contributed by atoms with Crippen molar-refractivity contribution in [3.63, 3.8) is 0 Å². The number of hydrogen-bond donors (Lipinski definition) is 3.